The van der Waals surface area contributed by atoms with E-state index in [1.807, 2.05) is 0 Å². The van der Waals surface area contributed by atoms with E-state index < -0.39 is 0 Å². The van der Waals surface area contributed by atoms with E-state index in [0.29, 0.717) is 0 Å². The van der Waals surface area contributed by atoms with Crippen LogP contribution in [0.1, 0.15) is 39.6 Å². The van der Waals surface area contributed by atoms with Crippen LogP contribution >= 0.6 is 11.3 Å². The average Bonchev–Trinajstić information content (AvgIpc) is 2.95. The summed E-state index contributed by atoms with van der Waals surface area (Å²) in [7, 11) is 0. The summed E-state index contributed by atoms with van der Waals surface area (Å²) < 4.78 is 0. The second-order valence-corrected chi connectivity index (χ2v) is 5.91. The summed E-state index contributed by atoms with van der Waals surface area (Å²) in [5.74, 6) is 0. The molecule has 3 rings (SSSR count). The Morgan fingerprint density at radius 1 is 1.18 bits per heavy atom. The van der Waals surface area contributed by atoms with Crippen molar-refractivity contribution < 1.29 is 0 Å². The first kappa shape index (κ1) is 11.0. The third-order valence-corrected chi connectivity index (χ3v) is 4.58. The molecule has 1 nitrogen and oxygen atoms in total. The Bertz CT molecular complexity index is 542. The van der Waals surface area contributed by atoms with Gasteiger partial charge in [0.25, 0.3) is 0 Å². The molecule has 0 spiro atoms. The molecule has 0 saturated heterocycles. The Morgan fingerprint density at radius 3 is 2.76 bits per heavy atom. The number of aryl methyl sites for hydroxylation is 3. The van der Waals surface area contributed by atoms with E-state index in [4.69, 9.17) is 5.73 Å². The van der Waals surface area contributed by atoms with Crippen molar-refractivity contribution >= 4 is 11.3 Å². The molecule has 1 aromatic heterocycles. The van der Waals surface area contributed by atoms with E-state index in [1.54, 1.807) is 11.3 Å². The lowest BCUT2D eigenvalue weighted by Gasteiger charge is -2.13. The standard InChI is InChI=1S/C15H17NS/c1-10-14(7-8-17-10)15(16)13-6-5-11-3-2-4-12(11)9-13/h5-9,15H,2-4,16H2,1H3. The maximum Gasteiger partial charge on any atom is 0.0562 e. The normalized spacial score (nSPS) is 15.9. The summed E-state index contributed by atoms with van der Waals surface area (Å²) in [6, 6.07) is 8.96. The van der Waals surface area contributed by atoms with E-state index >= 15 is 0 Å². The molecule has 1 atom stereocenters. The minimum atomic E-state index is 0.0344. The Morgan fingerprint density at radius 2 is 2.00 bits per heavy atom. The van der Waals surface area contributed by atoms with E-state index in [0.717, 1.165) is 0 Å². The predicted octanol–water partition coefficient (Wildman–Crippen LogP) is 3.59. The summed E-state index contributed by atoms with van der Waals surface area (Å²) in [6.07, 6.45) is 3.76. The fourth-order valence-electron chi connectivity index (χ4n) is 2.68. The molecule has 1 aliphatic rings. The van der Waals surface area contributed by atoms with Crippen molar-refractivity contribution in [1.29, 1.82) is 0 Å². The zero-order valence-electron chi connectivity index (χ0n) is 10.1. The van der Waals surface area contributed by atoms with Gasteiger partial charge in [-0.15, -0.1) is 11.3 Å². The molecule has 0 amide bonds. The quantitative estimate of drug-likeness (QED) is 0.857. The number of rotatable bonds is 2. The van der Waals surface area contributed by atoms with Crippen molar-refractivity contribution in [1.82, 2.24) is 0 Å². The predicted molar refractivity (Wildman–Crippen MR) is 73.6 cm³/mol. The first-order valence-electron chi connectivity index (χ1n) is 6.17. The molecule has 2 aromatic rings. The summed E-state index contributed by atoms with van der Waals surface area (Å²) in [5, 5.41) is 2.12. The molecule has 1 aliphatic carbocycles. The number of benzene rings is 1. The van der Waals surface area contributed by atoms with Crippen LogP contribution < -0.4 is 5.73 Å². The molecule has 0 fully saturated rings. The Kier molecular flexibility index (Phi) is 2.77. The van der Waals surface area contributed by atoms with Crippen molar-refractivity contribution in [2.24, 2.45) is 5.73 Å². The second kappa shape index (κ2) is 4.28. The molecule has 0 bridgehead atoms. The zero-order valence-corrected chi connectivity index (χ0v) is 10.9. The second-order valence-electron chi connectivity index (χ2n) is 4.79. The van der Waals surface area contributed by atoms with E-state index in [2.05, 4.69) is 36.6 Å². The van der Waals surface area contributed by atoms with Crippen molar-refractivity contribution in [3.63, 3.8) is 0 Å². The summed E-state index contributed by atoms with van der Waals surface area (Å²) in [6.45, 7) is 2.15. The highest BCUT2D eigenvalue weighted by Gasteiger charge is 2.16. The smallest absolute Gasteiger partial charge is 0.0562 e. The van der Waals surface area contributed by atoms with Gasteiger partial charge in [0.2, 0.25) is 0 Å². The Hall–Kier alpha value is -1.12. The van der Waals surface area contributed by atoms with Crippen LogP contribution in [0.15, 0.2) is 29.6 Å². The maximum atomic E-state index is 6.36. The lowest BCUT2D eigenvalue weighted by Crippen LogP contribution is -2.12. The van der Waals surface area contributed by atoms with Crippen LogP contribution in [0.2, 0.25) is 0 Å². The van der Waals surface area contributed by atoms with Crippen molar-refractivity contribution in [3.8, 4) is 0 Å². The third-order valence-electron chi connectivity index (χ3n) is 3.72. The number of fused-ring (bicyclic) bond motifs is 1. The lowest BCUT2D eigenvalue weighted by atomic mass is 9.97. The number of hydrogen-bond acceptors (Lipinski definition) is 2. The minimum Gasteiger partial charge on any atom is -0.320 e. The van der Waals surface area contributed by atoms with Gasteiger partial charge in [-0.2, -0.15) is 0 Å². The molecule has 0 radical (unpaired) electrons. The first-order valence-corrected chi connectivity index (χ1v) is 7.05. The highest BCUT2D eigenvalue weighted by molar-refractivity contribution is 7.10. The van der Waals surface area contributed by atoms with Gasteiger partial charge < -0.3 is 5.73 Å². The molecule has 1 unspecified atom stereocenters. The molecular weight excluding hydrogens is 226 g/mol. The Labute approximate surface area is 106 Å². The van der Waals surface area contributed by atoms with Crippen LogP contribution in [0.5, 0.6) is 0 Å². The molecule has 1 aromatic carbocycles. The zero-order chi connectivity index (χ0) is 11.8. The minimum absolute atomic E-state index is 0.0344. The summed E-state index contributed by atoms with van der Waals surface area (Å²) in [4.78, 5) is 1.33. The number of nitrogens with two attached hydrogens (primary N) is 1. The molecule has 0 aliphatic heterocycles. The van der Waals surface area contributed by atoms with Gasteiger partial charge in [-0.05, 0) is 59.9 Å². The molecule has 88 valence electrons. The molecular formula is C15H17NS. The summed E-state index contributed by atoms with van der Waals surface area (Å²) in [5.41, 5.74) is 11.9. The van der Waals surface area contributed by atoms with Gasteiger partial charge in [-0.1, -0.05) is 18.2 Å². The van der Waals surface area contributed by atoms with Gasteiger partial charge in [-0.3, -0.25) is 0 Å². The molecule has 1 heterocycles. The fraction of sp³-hybridized carbons (Fsp3) is 0.333. The Balaban J connectivity index is 1.97. The van der Waals surface area contributed by atoms with Crippen LogP contribution in [0, 0.1) is 6.92 Å². The van der Waals surface area contributed by atoms with Crippen LogP contribution in [0.4, 0.5) is 0 Å². The highest BCUT2D eigenvalue weighted by Crippen LogP contribution is 2.29. The fourth-order valence-corrected chi connectivity index (χ4v) is 3.43. The molecule has 17 heavy (non-hydrogen) atoms. The van der Waals surface area contributed by atoms with Crippen LogP contribution in [-0.2, 0) is 12.8 Å². The molecule has 2 N–H and O–H groups in total. The van der Waals surface area contributed by atoms with Crippen molar-refractivity contribution in [3.05, 3.63) is 56.8 Å². The van der Waals surface area contributed by atoms with Crippen LogP contribution in [0.3, 0.4) is 0 Å². The monoisotopic (exact) mass is 243 g/mol. The van der Waals surface area contributed by atoms with E-state index in [-0.39, 0.29) is 6.04 Å². The number of thiophene rings is 1. The van der Waals surface area contributed by atoms with Crippen LogP contribution in [-0.4, -0.2) is 0 Å². The van der Waals surface area contributed by atoms with Gasteiger partial charge in [0.15, 0.2) is 0 Å². The average molecular weight is 243 g/mol. The third kappa shape index (κ3) is 1.92. The first-order chi connectivity index (χ1) is 8.25. The van der Waals surface area contributed by atoms with E-state index in [1.165, 1.54) is 46.4 Å². The largest absolute Gasteiger partial charge is 0.320 e. The molecule has 0 saturated carbocycles. The van der Waals surface area contributed by atoms with Gasteiger partial charge in [0.1, 0.15) is 0 Å². The van der Waals surface area contributed by atoms with Gasteiger partial charge in [0.05, 0.1) is 6.04 Å². The lowest BCUT2D eigenvalue weighted by molar-refractivity contribution is 0.865. The number of hydrogen-bond donors (Lipinski definition) is 1. The maximum absolute atomic E-state index is 6.36. The SMILES string of the molecule is Cc1sccc1C(N)c1ccc2c(c1)CCC2. The summed E-state index contributed by atoms with van der Waals surface area (Å²) >= 11 is 1.77. The van der Waals surface area contributed by atoms with Crippen LogP contribution in [0.25, 0.3) is 0 Å². The van der Waals surface area contributed by atoms with Crippen molar-refractivity contribution in [2.75, 3.05) is 0 Å². The molecule has 2 heteroatoms. The van der Waals surface area contributed by atoms with Crippen molar-refractivity contribution in [2.45, 2.75) is 32.2 Å². The topological polar surface area (TPSA) is 26.0 Å². The highest BCUT2D eigenvalue weighted by atomic mass is 32.1. The van der Waals surface area contributed by atoms with E-state index in [9.17, 15) is 0 Å². The van der Waals surface area contributed by atoms with Gasteiger partial charge >= 0.3 is 0 Å². The van der Waals surface area contributed by atoms with Gasteiger partial charge in [-0.25, -0.2) is 0 Å². The van der Waals surface area contributed by atoms with Gasteiger partial charge in [0, 0.05) is 4.88 Å².